The fraction of sp³-hybridized carbons (Fsp3) is 0.160. The molecule has 4 rings (SSSR count). The number of carbonyl (C=O) groups excluding carboxylic acids is 1. The molecular weight excluding hydrogens is 374 g/mol. The molecule has 1 aliphatic heterocycles. The summed E-state index contributed by atoms with van der Waals surface area (Å²) in [5, 5.41) is 9.41. The molecule has 0 fully saturated rings. The Morgan fingerprint density at radius 3 is 2.77 bits per heavy atom. The molecule has 5 heteroatoms. The number of carbonyl (C=O) groups is 1. The van der Waals surface area contributed by atoms with Gasteiger partial charge in [-0.2, -0.15) is 5.26 Å². The van der Waals surface area contributed by atoms with Gasteiger partial charge in [-0.3, -0.25) is 9.79 Å². The molecule has 3 aromatic carbocycles. The first kappa shape index (κ1) is 19.4. The van der Waals surface area contributed by atoms with Gasteiger partial charge in [0.25, 0.3) is 5.91 Å². The number of hydrogen-bond acceptors (Lipinski definition) is 4. The van der Waals surface area contributed by atoms with Crippen molar-refractivity contribution in [1.29, 1.82) is 5.26 Å². The molecule has 148 valence electrons. The number of hydrogen-bond donors (Lipinski definition) is 0. The first-order chi connectivity index (χ1) is 14.6. The van der Waals surface area contributed by atoms with Crippen LogP contribution in [0.2, 0.25) is 0 Å². The number of nitriles is 1. The zero-order valence-electron chi connectivity index (χ0n) is 16.9. The average Bonchev–Trinajstić information content (AvgIpc) is 3.28. The topological polar surface area (TPSA) is 65.7 Å². The van der Waals surface area contributed by atoms with Crippen LogP contribution < -0.4 is 4.74 Å². The van der Waals surface area contributed by atoms with Gasteiger partial charge in [-0.15, -0.1) is 0 Å². The van der Waals surface area contributed by atoms with E-state index < -0.39 is 0 Å². The van der Waals surface area contributed by atoms with E-state index in [-0.39, 0.29) is 5.91 Å². The molecule has 0 bridgehead atoms. The summed E-state index contributed by atoms with van der Waals surface area (Å²) in [7, 11) is 3.36. The maximum absolute atomic E-state index is 13.1. The number of amides is 1. The summed E-state index contributed by atoms with van der Waals surface area (Å²) in [6.07, 6.45) is 1.88. The van der Waals surface area contributed by atoms with Crippen LogP contribution in [0.4, 0.5) is 0 Å². The number of rotatable bonds is 5. The molecule has 0 saturated heterocycles. The van der Waals surface area contributed by atoms with Crippen molar-refractivity contribution in [3.05, 3.63) is 88.5 Å². The smallest absolute Gasteiger partial charge is 0.254 e. The number of nitrogens with zero attached hydrogens (tertiary/aromatic N) is 3. The van der Waals surface area contributed by atoms with Crippen LogP contribution in [-0.2, 0) is 13.1 Å². The van der Waals surface area contributed by atoms with Crippen molar-refractivity contribution in [3.8, 4) is 22.9 Å². The Labute approximate surface area is 175 Å². The van der Waals surface area contributed by atoms with Gasteiger partial charge in [-0.25, -0.2) is 0 Å². The van der Waals surface area contributed by atoms with E-state index in [0.29, 0.717) is 30.0 Å². The number of aliphatic imine (C=N–C) groups is 1. The molecule has 1 amide bonds. The highest BCUT2D eigenvalue weighted by Crippen LogP contribution is 2.33. The van der Waals surface area contributed by atoms with Crippen molar-refractivity contribution in [2.75, 3.05) is 14.2 Å². The second-order valence-corrected chi connectivity index (χ2v) is 7.19. The van der Waals surface area contributed by atoms with E-state index in [4.69, 9.17) is 4.74 Å². The van der Waals surface area contributed by atoms with E-state index in [9.17, 15) is 10.1 Å². The summed E-state index contributed by atoms with van der Waals surface area (Å²) in [5.41, 5.74) is 6.07. The lowest BCUT2D eigenvalue weighted by molar-refractivity contribution is 0.0784. The van der Waals surface area contributed by atoms with Crippen molar-refractivity contribution in [2.45, 2.75) is 13.1 Å². The normalized spacial score (nSPS) is 11.6. The van der Waals surface area contributed by atoms with E-state index in [1.54, 1.807) is 37.3 Å². The Kier molecular flexibility index (Phi) is 5.32. The number of fused-ring (bicyclic) bond motifs is 1. The van der Waals surface area contributed by atoms with Crippen LogP contribution in [0, 0.1) is 11.3 Å². The lowest BCUT2D eigenvalue weighted by Gasteiger charge is -2.20. The Morgan fingerprint density at radius 2 is 1.97 bits per heavy atom. The molecule has 0 aliphatic carbocycles. The predicted molar refractivity (Wildman–Crippen MR) is 117 cm³/mol. The van der Waals surface area contributed by atoms with Crippen LogP contribution in [-0.4, -0.2) is 31.2 Å². The standard InChI is InChI=1S/C25H21N3O2/c1-28(16-20-8-5-7-19-14-27-15-23(19)20)25(29)17-10-11-22(24(12-17)30-2)21-9-4-3-6-18(21)13-26/h3-12,14H,15-16H2,1-2H3. The van der Waals surface area contributed by atoms with Crippen LogP contribution in [0.5, 0.6) is 5.75 Å². The molecule has 5 nitrogen and oxygen atoms in total. The minimum Gasteiger partial charge on any atom is -0.496 e. The minimum atomic E-state index is -0.0927. The van der Waals surface area contributed by atoms with Crippen molar-refractivity contribution < 1.29 is 9.53 Å². The second kappa shape index (κ2) is 8.22. The van der Waals surface area contributed by atoms with Crippen molar-refractivity contribution in [2.24, 2.45) is 4.99 Å². The third kappa shape index (κ3) is 3.56. The fourth-order valence-corrected chi connectivity index (χ4v) is 3.76. The Balaban J connectivity index is 1.61. The van der Waals surface area contributed by atoms with Crippen molar-refractivity contribution in [3.63, 3.8) is 0 Å². The van der Waals surface area contributed by atoms with E-state index in [1.165, 1.54) is 5.56 Å². The van der Waals surface area contributed by atoms with Gasteiger partial charge in [0.1, 0.15) is 5.75 Å². The van der Waals surface area contributed by atoms with Gasteiger partial charge in [0.15, 0.2) is 0 Å². The van der Waals surface area contributed by atoms with E-state index in [1.807, 2.05) is 48.7 Å². The van der Waals surface area contributed by atoms with Crippen LogP contribution in [0.3, 0.4) is 0 Å². The maximum Gasteiger partial charge on any atom is 0.254 e. The molecule has 1 aliphatic rings. The average molecular weight is 395 g/mol. The number of methoxy groups -OCH3 is 1. The highest BCUT2D eigenvalue weighted by molar-refractivity contribution is 5.95. The molecule has 0 saturated carbocycles. The first-order valence-corrected chi connectivity index (χ1v) is 9.66. The van der Waals surface area contributed by atoms with E-state index in [0.717, 1.165) is 22.3 Å². The fourth-order valence-electron chi connectivity index (χ4n) is 3.76. The van der Waals surface area contributed by atoms with Crippen molar-refractivity contribution in [1.82, 2.24) is 4.90 Å². The Hall–Kier alpha value is -3.91. The number of benzene rings is 3. The van der Waals surface area contributed by atoms with Gasteiger partial charge in [-0.05, 0) is 41.0 Å². The largest absolute Gasteiger partial charge is 0.496 e. The van der Waals surface area contributed by atoms with Gasteiger partial charge in [-0.1, -0.05) is 36.4 Å². The Morgan fingerprint density at radius 1 is 1.13 bits per heavy atom. The quantitative estimate of drug-likeness (QED) is 0.642. The zero-order valence-corrected chi connectivity index (χ0v) is 16.9. The van der Waals surface area contributed by atoms with Crippen LogP contribution in [0.1, 0.15) is 32.6 Å². The minimum absolute atomic E-state index is 0.0927. The molecule has 0 radical (unpaired) electrons. The van der Waals surface area contributed by atoms with Gasteiger partial charge in [0, 0.05) is 36.5 Å². The highest BCUT2D eigenvalue weighted by Gasteiger charge is 2.19. The van der Waals surface area contributed by atoms with Gasteiger partial charge in [0.05, 0.1) is 25.3 Å². The second-order valence-electron chi connectivity index (χ2n) is 7.19. The molecule has 3 aromatic rings. The molecule has 0 N–H and O–H groups in total. The summed E-state index contributed by atoms with van der Waals surface area (Å²) in [5.74, 6) is 0.468. The summed E-state index contributed by atoms with van der Waals surface area (Å²) >= 11 is 0. The van der Waals surface area contributed by atoms with Crippen LogP contribution >= 0.6 is 0 Å². The molecule has 0 atom stereocenters. The highest BCUT2D eigenvalue weighted by atomic mass is 16.5. The molecule has 0 unspecified atom stereocenters. The first-order valence-electron chi connectivity index (χ1n) is 9.66. The van der Waals surface area contributed by atoms with E-state index >= 15 is 0 Å². The third-order valence-electron chi connectivity index (χ3n) is 5.33. The van der Waals surface area contributed by atoms with Crippen LogP contribution in [0.15, 0.2) is 65.7 Å². The molecule has 30 heavy (non-hydrogen) atoms. The maximum atomic E-state index is 13.1. The SMILES string of the molecule is COc1cc(C(=O)N(C)Cc2cccc3c2CN=C3)ccc1-c1ccccc1C#N. The zero-order chi connectivity index (χ0) is 21.1. The summed E-state index contributed by atoms with van der Waals surface area (Å²) in [6, 6.07) is 21.0. The summed E-state index contributed by atoms with van der Waals surface area (Å²) in [4.78, 5) is 19.1. The van der Waals surface area contributed by atoms with Crippen LogP contribution in [0.25, 0.3) is 11.1 Å². The van der Waals surface area contributed by atoms with E-state index in [2.05, 4.69) is 11.1 Å². The monoisotopic (exact) mass is 395 g/mol. The molecular formula is C25H21N3O2. The summed E-state index contributed by atoms with van der Waals surface area (Å²) < 4.78 is 5.55. The summed E-state index contributed by atoms with van der Waals surface area (Å²) in [6.45, 7) is 1.17. The number of ether oxygens (including phenoxy) is 1. The van der Waals surface area contributed by atoms with Crippen molar-refractivity contribution >= 4 is 12.1 Å². The van der Waals surface area contributed by atoms with Gasteiger partial charge >= 0.3 is 0 Å². The molecule has 0 aromatic heterocycles. The third-order valence-corrected chi connectivity index (χ3v) is 5.33. The Bertz CT molecular complexity index is 1190. The molecule has 1 heterocycles. The van der Waals surface area contributed by atoms with Gasteiger partial charge in [0.2, 0.25) is 0 Å². The predicted octanol–water partition coefficient (Wildman–Crippen LogP) is 4.44. The lowest BCUT2D eigenvalue weighted by Crippen LogP contribution is -2.26. The lowest BCUT2D eigenvalue weighted by atomic mass is 9.98. The van der Waals surface area contributed by atoms with Gasteiger partial charge < -0.3 is 9.64 Å². The molecule has 0 spiro atoms.